The van der Waals surface area contributed by atoms with Crippen molar-refractivity contribution in [2.45, 2.75) is 6.54 Å². The highest BCUT2D eigenvalue weighted by Crippen LogP contribution is 2.38. The Morgan fingerprint density at radius 3 is 2.80 bits per heavy atom. The molecule has 1 aliphatic heterocycles. The molecule has 0 bridgehead atoms. The standard InChI is InChI=1S/C11H4BrClFN3O2S/c12-6-2-4(14)1-5-8(6)17(11(19)9(5)18)3-7-10(13)20-16-15-7/h1-2H,3H2. The van der Waals surface area contributed by atoms with Crippen LogP contribution in [0.4, 0.5) is 10.1 Å². The maximum atomic E-state index is 13.3. The Morgan fingerprint density at radius 2 is 2.15 bits per heavy atom. The second-order valence-corrected chi connectivity index (χ2v) is 6.21. The highest BCUT2D eigenvalue weighted by atomic mass is 79.9. The number of Topliss-reactive ketones (excluding diaryl/α,β-unsaturated/α-hetero) is 1. The van der Waals surface area contributed by atoms with Gasteiger partial charge in [-0.1, -0.05) is 16.1 Å². The van der Waals surface area contributed by atoms with Crippen LogP contribution in [0.5, 0.6) is 0 Å². The van der Waals surface area contributed by atoms with Crippen molar-refractivity contribution in [1.29, 1.82) is 0 Å². The second-order valence-electron chi connectivity index (χ2n) is 4.00. The highest BCUT2D eigenvalue weighted by molar-refractivity contribution is 9.10. The first-order chi connectivity index (χ1) is 9.49. The van der Waals surface area contributed by atoms with E-state index in [1.807, 2.05) is 0 Å². The van der Waals surface area contributed by atoms with Gasteiger partial charge in [-0.2, -0.15) is 0 Å². The van der Waals surface area contributed by atoms with Gasteiger partial charge in [0.15, 0.2) is 0 Å². The lowest BCUT2D eigenvalue weighted by molar-refractivity contribution is -0.114. The van der Waals surface area contributed by atoms with Gasteiger partial charge in [-0.05, 0) is 28.1 Å². The van der Waals surface area contributed by atoms with Crippen molar-refractivity contribution in [3.63, 3.8) is 0 Å². The third-order valence-corrected chi connectivity index (χ3v) is 4.39. The largest absolute Gasteiger partial charge is 0.299 e. The Morgan fingerprint density at radius 1 is 1.40 bits per heavy atom. The van der Waals surface area contributed by atoms with Crippen molar-refractivity contribution >= 4 is 56.4 Å². The molecule has 20 heavy (non-hydrogen) atoms. The van der Waals surface area contributed by atoms with E-state index in [0.29, 0.717) is 20.2 Å². The first-order valence-corrected chi connectivity index (χ1v) is 7.25. The molecule has 2 aromatic rings. The maximum absolute atomic E-state index is 13.3. The van der Waals surface area contributed by atoms with Gasteiger partial charge in [0.05, 0.1) is 17.8 Å². The van der Waals surface area contributed by atoms with Gasteiger partial charge in [0.25, 0.3) is 11.7 Å². The van der Waals surface area contributed by atoms with Crippen molar-refractivity contribution in [1.82, 2.24) is 9.59 Å². The molecule has 0 N–H and O–H groups in total. The normalized spacial score (nSPS) is 14.1. The van der Waals surface area contributed by atoms with Gasteiger partial charge in [0.2, 0.25) is 0 Å². The minimum absolute atomic E-state index is 0.0111. The molecule has 1 amide bonds. The van der Waals surface area contributed by atoms with Crippen LogP contribution in [0.15, 0.2) is 16.6 Å². The number of carbonyl (C=O) groups excluding carboxylic acids is 2. The topological polar surface area (TPSA) is 63.2 Å². The van der Waals surface area contributed by atoms with Gasteiger partial charge < -0.3 is 0 Å². The molecule has 102 valence electrons. The summed E-state index contributed by atoms with van der Waals surface area (Å²) in [7, 11) is 0. The van der Waals surface area contributed by atoms with E-state index in [1.54, 1.807) is 0 Å². The lowest BCUT2D eigenvalue weighted by Crippen LogP contribution is -2.29. The predicted octanol–water partition coefficient (Wildman–Crippen LogP) is 2.82. The third-order valence-electron chi connectivity index (χ3n) is 2.80. The fourth-order valence-corrected chi connectivity index (χ4v) is 3.20. The van der Waals surface area contributed by atoms with Gasteiger partial charge >= 0.3 is 0 Å². The first kappa shape index (κ1) is 13.6. The minimum Gasteiger partial charge on any atom is -0.297 e. The molecule has 3 rings (SSSR count). The summed E-state index contributed by atoms with van der Waals surface area (Å²) in [5.74, 6) is -2.08. The molecule has 0 saturated heterocycles. The SMILES string of the molecule is O=C1C(=O)N(Cc2nnsc2Cl)c2c(Br)cc(F)cc21. The van der Waals surface area contributed by atoms with Crippen LogP contribution in [0.25, 0.3) is 0 Å². The van der Waals surface area contributed by atoms with Crippen LogP contribution < -0.4 is 4.90 Å². The number of anilines is 1. The molecule has 1 aliphatic rings. The average molecular weight is 377 g/mol. The molecule has 0 saturated carbocycles. The summed E-state index contributed by atoms with van der Waals surface area (Å²) in [5.41, 5.74) is 0.744. The van der Waals surface area contributed by atoms with E-state index >= 15 is 0 Å². The molecule has 0 aliphatic carbocycles. The number of hydrogen-bond donors (Lipinski definition) is 0. The van der Waals surface area contributed by atoms with Crippen LogP contribution in [0, 0.1) is 5.82 Å². The quantitative estimate of drug-likeness (QED) is 0.756. The molecule has 0 spiro atoms. The van der Waals surface area contributed by atoms with Crippen molar-refractivity contribution < 1.29 is 14.0 Å². The molecule has 0 atom stereocenters. The number of rotatable bonds is 2. The number of amides is 1. The lowest BCUT2D eigenvalue weighted by Gasteiger charge is -2.16. The molecule has 0 radical (unpaired) electrons. The summed E-state index contributed by atoms with van der Waals surface area (Å²) in [6, 6.07) is 2.24. The van der Waals surface area contributed by atoms with E-state index < -0.39 is 17.5 Å². The van der Waals surface area contributed by atoms with E-state index in [1.165, 1.54) is 11.0 Å². The Bertz CT molecular complexity index is 751. The Kier molecular flexibility index (Phi) is 3.31. The van der Waals surface area contributed by atoms with Crippen molar-refractivity contribution in [3.8, 4) is 0 Å². The molecule has 9 heteroatoms. The number of hydrogen-bond acceptors (Lipinski definition) is 5. The van der Waals surface area contributed by atoms with E-state index in [9.17, 15) is 14.0 Å². The van der Waals surface area contributed by atoms with Crippen LogP contribution in [0.1, 0.15) is 16.1 Å². The maximum Gasteiger partial charge on any atom is 0.299 e. The molecule has 1 aromatic carbocycles. The molecule has 1 aromatic heterocycles. The van der Waals surface area contributed by atoms with E-state index in [4.69, 9.17) is 11.6 Å². The Hall–Kier alpha value is -1.38. The summed E-state index contributed by atoms with van der Waals surface area (Å²) < 4.78 is 17.7. The monoisotopic (exact) mass is 375 g/mol. The Balaban J connectivity index is 2.09. The van der Waals surface area contributed by atoms with Crippen molar-refractivity contribution in [2.75, 3.05) is 4.90 Å². The van der Waals surface area contributed by atoms with Gasteiger partial charge in [0, 0.05) is 16.0 Å². The van der Waals surface area contributed by atoms with Gasteiger partial charge in [-0.15, -0.1) is 5.10 Å². The fourth-order valence-electron chi connectivity index (χ4n) is 1.94. The number of ketones is 1. The zero-order valence-corrected chi connectivity index (χ0v) is 12.7. The van der Waals surface area contributed by atoms with Crippen molar-refractivity contribution in [2.24, 2.45) is 0 Å². The highest BCUT2D eigenvalue weighted by Gasteiger charge is 2.38. The zero-order valence-electron chi connectivity index (χ0n) is 9.56. The number of fused-ring (bicyclic) bond motifs is 1. The number of halogens is 3. The number of nitrogens with zero attached hydrogens (tertiary/aromatic N) is 3. The predicted molar refractivity (Wildman–Crippen MR) is 74.5 cm³/mol. The molecule has 2 heterocycles. The zero-order chi connectivity index (χ0) is 14.4. The Labute approximate surface area is 129 Å². The van der Waals surface area contributed by atoms with E-state index in [2.05, 4.69) is 25.5 Å². The molecular weight excluding hydrogens is 373 g/mol. The lowest BCUT2D eigenvalue weighted by atomic mass is 10.1. The van der Waals surface area contributed by atoms with Crippen LogP contribution >= 0.6 is 39.1 Å². The van der Waals surface area contributed by atoms with Gasteiger partial charge in [-0.3, -0.25) is 14.5 Å². The summed E-state index contributed by atoms with van der Waals surface area (Å²) in [5, 5.41) is 3.80. The van der Waals surface area contributed by atoms with Crippen molar-refractivity contribution in [3.05, 3.63) is 38.0 Å². The smallest absolute Gasteiger partial charge is 0.297 e. The van der Waals surface area contributed by atoms with Crippen LogP contribution in [-0.2, 0) is 11.3 Å². The minimum atomic E-state index is -0.750. The van der Waals surface area contributed by atoms with Crippen LogP contribution in [0.2, 0.25) is 4.34 Å². The van der Waals surface area contributed by atoms with Gasteiger partial charge in [-0.25, -0.2) is 4.39 Å². The van der Waals surface area contributed by atoms with E-state index in [-0.39, 0.29) is 12.1 Å². The first-order valence-electron chi connectivity index (χ1n) is 5.31. The van der Waals surface area contributed by atoms with E-state index in [0.717, 1.165) is 17.6 Å². The summed E-state index contributed by atoms with van der Waals surface area (Å²) in [6.45, 7) is 0.0111. The average Bonchev–Trinajstić information content (AvgIpc) is 2.88. The van der Waals surface area contributed by atoms with Crippen LogP contribution in [-0.4, -0.2) is 21.3 Å². The number of benzene rings is 1. The fraction of sp³-hybridized carbons (Fsp3) is 0.0909. The molecular formula is C11H4BrClFN3O2S. The molecule has 0 unspecified atom stereocenters. The number of carbonyl (C=O) groups is 2. The molecule has 0 fully saturated rings. The molecule has 5 nitrogen and oxygen atoms in total. The van der Waals surface area contributed by atoms with Crippen LogP contribution in [0.3, 0.4) is 0 Å². The summed E-state index contributed by atoms with van der Waals surface area (Å²) >= 11 is 10.0. The number of aromatic nitrogens is 2. The third kappa shape index (κ3) is 2.04. The summed E-state index contributed by atoms with van der Waals surface area (Å²) in [6.07, 6.45) is 0. The second kappa shape index (κ2) is 4.87. The summed E-state index contributed by atoms with van der Waals surface area (Å²) in [4.78, 5) is 25.1. The van der Waals surface area contributed by atoms with Gasteiger partial charge in [0.1, 0.15) is 15.8 Å².